The van der Waals surface area contributed by atoms with Crippen LogP contribution in [0.3, 0.4) is 0 Å². The van der Waals surface area contributed by atoms with E-state index < -0.39 is 10.8 Å². The Labute approximate surface area is 121 Å². The van der Waals surface area contributed by atoms with Gasteiger partial charge in [-0.2, -0.15) is 0 Å². The number of methoxy groups -OCH3 is 2. The molecule has 112 valence electrons. The summed E-state index contributed by atoms with van der Waals surface area (Å²) in [5.41, 5.74) is 6.15. The van der Waals surface area contributed by atoms with E-state index in [-0.39, 0.29) is 17.7 Å². The SMILES string of the molecule is COCC(C)NC(=O)CS(=O)c1cc(OC)ccc1N. The summed E-state index contributed by atoms with van der Waals surface area (Å²) in [4.78, 5) is 12.1. The second kappa shape index (κ2) is 7.86. The van der Waals surface area contributed by atoms with Gasteiger partial charge >= 0.3 is 0 Å². The lowest BCUT2D eigenvalue weighted by atomic mass is 10.3. The second-order valence-corrected chi connectivity index (χ2v) is 5.74. The molecule has 0 aromatic heterocycles. The van der Waals surface area contributed by atoms with Crippen LogP contribution < -0.4 is 15.8 Å². The van der Waals surface area contributed by atoms with Crippen LogP contribution in [0.15, 0.2) is 23.1 Å². The Morgan fingerprint density at radius 1 is 1.45 bits per heavy atom. The smallest absolute Gasteiger partial charge is 0.233 e. The third-order valence-electron chi connectivity index (χ3n) is 2.55. The van der Waals surface area contributed by atoms with Crippen LogP contribution in [0.1, 0.15) is 6.92 Å². The van der Waals surface area contributed by atoms with Crippen LogP contribution in [0.25, 0.3) is 0 Å². The van der Waals surface area contributed by atoms with Crippen molar-refractivity contribution in [3.63, 3.8) is 0 Å². The molecule has 0 fully saturated rings. The zero-order valence-electron chi connectivity index (χ0n) is 11.8. The maximum atomic E-state index is 12.2. The van der Waals surface area contributed by atoms with Crippen molar-refractivity contribution in [2.24, 2.45) is 0 Å². The summed E-state index contributed by atoms with van der Waals surface area (Å²) >= 11 is 0. The summed E-state index contributed by atoms with van der Waals surface area (Å²) in [6.45, 7) is 2.21. The molecule has 1 aromatic carbocycles. The van der Waals surface area contributed by atoms with Gasteiger partial charge in [0.2, 0.25) is 5.91 Å². The van der Waals surface area contributed by atoms with Crippen molar-refractivity contribution in [1.29, 1.82) is 0 Å². The van der Waals surface area contributed by atoms with E-state index in [1.807, 2.05) is 6.92 Å². The topological polar surface area (TPSA) is 90.6 Å². The standard InChI is InChI=1S/C13H20N2O4S/c1-9(7-18-2)15-13(16)8-20(17)12-6-10(19-3)4-5-11(12)14/h4-6,9H,7-8,14H2,1-3H3,(H,15,16). The number of hydrogen-bond acceptors (Lipinski definition) is 5. The summed E-state index contributed by atoms with van der Waals surface area (Å²) in [6.07, 6.45) is 0. The molecule has 1 amide bonds. The Morgan fingerprint density at radius 3 is 2.75 bits per heavy atom. The van der Waals surface area contributed by atoms with E-state index in [0.29, 0.717) is 22.9 Å². The van der Waals surface area contributed by atoms with E-state index in [1.165, 1.54) is 7.11 Å². The van der Waals surface area contributed by atoms with Gasteiger partial charge in [-0.15, -0.1) is 0 Å². The summed E-state index contributed by atoms with van der Waals surface area (Å²) in [5, 5.41) is 2.70. The van der Waals surface area contributed by atoms with E-state index in [9.17, 15) is 9.00 Å². The van der Waals surface area contributed by atoms with Gasteiger partial charge in [0.05, 0.1) is 29.4 Å². The number of carbonyl (C=O) groups excluding carboxylic acids is 1. The predicted octanol–water partition coefficient (Wildman–Crippen LogP) is 0.536. The van der Waals surface area contributed by atoms with E-state index in [4.69, 9.17) is 15.2 Å². The van der Waals surface area contributed by atoms with Crippen LogP contribution >= 0.6 is 0 Å². The number of ether oxygens (including phenoxy) is 2. The summed E-state index contributed by atoms with van der Waals surface area (Å²) < 4.78 is 22.1. The number of amides is 1. The molecule has 2 atom stereocenters. The molecular weight excluding hydrogens is 280 g/mol. The van der Waals surface area contributed by atoms with Gasteiger partial charge in [0.25, 0.3) is 0 Å². The molecule has 0 spiro atoms. The van der Waals surface area contributed by atoms with Crippen molar-refractivity contribution in [2.75, 3.05) is 32.3 Å². The van der Waals surface area contributed by atoms with Crippen LogP contribution in [0.4, 0.5) is 5.69 Å². The molecule has 20 heavy (non-hydrogen) atoms. The lowest BCUT2D eigenvalue weighted by Gasteiger charge is -2.13. The van der Waals surface area contributed by atoms with Gasteiger partial charge in [0.15, 0.2) is 0 Å². The molecule has 1 aromatic rings. The molecule has 0 saturated heterocycles. The number of carbonyl (C=O) groups is 1. The minimum absolute atomic E-state index is 0.132. The number of nitrogens with two attached hydrogens (primary N) is 1. The number of anilines is 1. The maximum Gasteiger partial charge on any atom is 0.233 e. The quantitative estimate of drug-likeness (QED) is 0.717. The van der Waals surface area contributed by atoms with Crippen LogP contribution in [-0.4, -0.2) is 42.7 Å². The third-order valence-corrected chi connectivity index (χ3v) is 3.92. The highest BCUT2D eigenvalue weighted by Crippen LogP contribution is 2.22. The molecule has 7 heteroatoms. The molecule has 0 aliphatic carbocycles. The van der Waals surface area contributed by atoms with Gasteiger partial charge < -0.3 is 20.5 Å². The van der Waals surface area contributed by atoms with E-state index >= 15 is 0 Å². The first-order valence-electron chi connectivity index (χ1n) is 6.08. The van der Waals surface area contributed by atoms with Crippen LogP contribution in [0, 0.1) is 0 Å². The van der Waals surface area contributed by atoms with E-state index in [1.54, 1.807) is 25.3 Å². The van der Waals surface area contributed by atoms with Crippen molar-refractivity contribution in [3.8, 4) is 5.75 Å². The number of benzene rings is 1. The molecule has 0 bridgehead atoms. The summed E-state index contributed by atoms with van der Waals surface area (Å²) in [7, 11) is 1.55. The third kappa shape index (κ3) is 4.82. The molecule has 1 rings (SSSR count). The lowest BCUT2D eigenvalue weighted by molar-refractivity contribution is -0.119. The average molecular weight is 300 g/mol. The van der Waals surface area contributed by atoms with Gasteiger partial charge in [-0.25, -0.2) is 0 Å². The Morgan fingerprint density at radius 2 is 2.15 bits per heavy atom. The summed E-state index contributed by atoms with van der Waals surface area (Å²) in [5.74, 6) is 0.0941. The molecule has 6 nitrogen and oxygen atoms in total. The Hall–Kier alpha value is -1.60. The van der Waals surface area contributed by atoms with Gasteiger partial charge in [0, 0.05) is 18.8 Å². The van der Waals surface area contributed by atoms with Crippen LogP contribution in [-0.2, 0) is 20.3 Å². The fourth-order valence-corrected chi connectivity index (χ4v) is 2.70. The molecule has 3 N–H and O–H groups in total. The predicted molar refractivity (Wildman–Crippen MR) is 78.2 cm³/mol. The molecular formula is C13H20N2O4S. The van der Waals surface area contributed by atoms with Crippen LogP contribution in [0.2, 0.25) is 0 Å². The fourth-order valence-electron chi connectivity index (χ4n) is 1.64. The average Bonchev–Trinajstić information content (AvgIpc) is 2.39. The van der Waals surface area contributed by atoms with E-state index in [0.717, 1.165) is 0 Å². The van der Waals surface area contributed by atoms with Crippen molar-refractivity contribution < 1.29 is 18.5 Å². The zero-order valence-corrected chi connectivity index (χ0v) is 12.7. The van der Waals surface area contributed by atoms with Crippen molar-refractivity contribution in [1.82, 2.24) is 5.32 Å². The number of nitrogen functional groups attached to an aromatic ring is 1. The highest BCUT2D eigenvalue weighted by atomic mass is 32.2. The maximum absolute atomic E-state index is 12.2. The Bertz CT molecular complexity index is 493. The highest BCUT2D eigenvalue weighted by molar-refractivity contribution is 7.86. The highest BCUT2D eigenvalue weighted by Gasteiger charge is 2.15. The summed E-state index contributed by atoms with van der Waals surface area (Å²) in [6, 6.07) is 4.73. The van der Waals surface area contributed by atoms with E-state index in [2.05, 4.69) is 5.32 Å². The Balaban J connectivity index is 2.69. The van der Waals surface area contributed by atoms with Crippen molar-refractivity contribution in [3.05, 3.63) is 18.2 Å². The lowest BCUT2D eigenvalue weighted by Crippen LogP contribution is -2.38. The van der Waals surface area contributed by atoms with Crippen molar-refractivity contribution in [2.45, 2.75) is 17.9 Å². The Kier molecular flexibility index (Phi) is 6.47. The first-order valence-corrected chi connectivity index (χ1v) is 7.40. The van der Waals surface area contributed by atoms with Crippen LogP contribution in [0.5, 0.6) is 5.75 Å². The van der Waals surface area contributed by atoms with Gasteiger partial charge in [-0.1, -0.05) is 0 Å². The minimum atomic E-state index is -1.52. The number of nitrogens with one attached hydrogen (secondary N) is 1. The molecule has 0 aliphatic rings. The van der Waals surface area contributed by atoms with Gasteiger partial charge in [-0.3, -0.25) is 9.00 Å². The second-order valence-electron chi connectivity index (χ2n) is 4.32. The number of hydrogen-bond donors (Lipinski definition) is 2. The van der Waals surface area contributed by atoms with Gasteiger partial charge in [0.1, 0.15) is 11.5 Å². The molecule has 0 saturated carbocycles. The number of rotatable bonds is 7. The minimum Gasteiger partial charge on any atom is -0.497 e. The van der Waals surface area contributed by atoms with Gasteiger partial charge in [-0.05, 0) is 25.1 Å². The molecule has 2 unspecified atom stereocenters. The largest absolute Gasteiger partial charge is 0.497 e. The first kappa shape index (κ1) is 16.5. The monoisotopic (exact) mass is 300 g/mol. The van der Waals surface area contributed by atoms with Crippen molar-refractivity contribution >= 4 is 22.4 Å². The molecule has 0 aliphatic heterocycles. The first-order chi connectivity index (χ1) is 9.47. The molecule has 0 radical (unpaired) electrons. The fraction of sp³-hybridized carbons (Fsp3) is 0.462. The zero-order chi connectivity index (χ0) is 15.1. The normalized spacial score (nSPS) is 13.6. The molecule has 0 heterocycles.